The summed E-state index contributed by atoms with van der Waals surface area (Å²) in [5.41, 5.74) is 0.429. The highest BCUT2D eigenvalue weighted by Gasteiger charge is 2.22. The molecule has 2 aromatic rings. The van der Waals surface area contributed by atoms with Gasteiger partial charge in [-0.15, -0.1) is 11.3 Å². The van der Waals surface area contributed by atoms with E-state index < -0.39 is 5.97 Å². The minimum atomic E-state index is -0.437. The van der Waals surface area contributed by atoms with E-state index in [0.717, 1.165) is 6.54 Å². The standard InChI is InChI=1S/C18H25N3O4S/c1-11-6-4-5-7-21(11)10-13-19-16(22)14-12(2)15(26-17(14)20-13)18(23)25-9-8-24-3/h11H,4-10H2,1-3H3,(H,19,20,22). The van der Waals surface area contributed by atoms with E-state index in [9.17, 15) is 9.59 Å². The third-order valence-electron chi connectivity index (χ3n) is 4.85. The molecule has 8 heteroatoms. The summed E-state index contributed by atoms with van der Waals surface area (Å²) in [6.07, 6.45) is 3.59. The smallest absolute Gasteiger partial charge is 0.348 e. The van der Waals surface area contributed by atoms with Crippen LogP contribution < -0.4 is 5.56 Å². The van der Waals surface area contributed by atoms with Gasteiger partial charge in [-0.3, -0.25) is 9.69 Å². The summed E-state index contributed by atoms with van der Waals surface area (Å²) < 4.78 is 10.1. The lowest BCUT2D eigenvalue weighted by Crippen LogP contribution is -2.37. The van der Waals surface area contributed by atoms with Crippen LogP contribution in [0.2, 0.25) is 0 Å². The Hall–Kier alpha value is -1.77. The van der Waals surface area contributed by atoms with Gasteiger partial charge >= 0.3 is 5.97 Å². The first-order valence-corrected chi connectivity index (χ1v) is 9.75. The second-order valence-corrected chi connectivity index (χ2v) is 7.69. The number of rotatable bonds is 6. The number of nitrogens with one attached hydrogen (secondary N) is 1. The third-order valence-corrected chi connectivity index (χ3v) is 6.01. The van der Waals surface area contributed by atoms with Crippen molar-refractivity contribution >= 4 is 27.5 Å². The van der Waals surface area contributed by atoms with E-state index >= 15 is 0 Å². The van der Waals surface area contributed by atoms with E-state index in [1.807, 2.05) is 0 Å². The summed E-state index contributed by atoms with van der Waals surface area (Å²) in [6.45, 7) is 6.13. The fourth-order valence-corrected chi connectivity index (χ4v) is 4.42. The van der Waals surface area contributed by atoms with Crippen molar-refractivity contribution in [2.24, 2.45) is 0 Å². The van der Waals surface area contributed by atoms with Crippen molar-refractivity contribution in [3.05, 3.63) is 26.6 Å². The molecule has 0 aliphatic carbocycles. The SMILES string of the molecule is COCCOC(=O)c1sc2nc(CN3CCCCC3C)[nH]c(=O)c2c1C. The number of hydrogen-bond acceptors (Lipinski definition) is 7. The second kappa shape index (κ2) is 8.28. The number of piperidine rings is 1. The molecule has 0 aromatic carbocycles. The van der Waals surface area contributed by atoms with Gasteiger partial charge in [0, 0.05) is 13.2 Å². The maximum Gasteiger partial charge on any atom is 0.348 e. The van der Waals surface area contributed by atoms with E-state index in [0.29, 0.717) is 45.7 Å². The molecule has 2 aromatic heterocycles. The molecule has 1 fully saturated rings. The van der Waals surface area contributed by atoms with Gasteiger partial charge in [0.1, 0.15) is 22.1 Å². The summed E-state index contributed by atoms with van der Waals surface area (Å²) >= 11 is 1.22. The maximum atomic E-state index is 12.6. The molecule has 1 atom stereocenters. The molecule has 3 heterocycles. The van der Waals surface area contributed by atoms with Crippen LogP contribution >= 0.6 is 11.3 Å². The zero-order valence-corrected chi connectivity index (χ0v) is 16.3. The number of aromatic nitrogens is 2. The first-order valence-electron chi connectivity index (χ1n) is 8.93. The maximum absolute atomic E-state index is 12.6. The molecule has 7 nitrogen and oxygen atoms in total. The number of esters is 1. The molecule has 1 unspecified atom stereocenters. The van der Waals surface area contributed by atoms with E-state index in [4.69, 9.17) is 9.47 Å². The van der Waals surface area contributed by atoms with E-state index in [2.05, 4.69) is 21.8 Å². The van der Waals surface area contributed by atoms with Gasteiger partial charge in [0.15, 0.2) is 0 Å². The predicted octanol–water partition coefficient (Wildman–Crippen LogP) is 2.47. The van der Waals surface area contributed by atoms with Gasteiger partial charge in [0.2, 0.25) is 0 Å². The van der Waals surface area contributed by atoms with Crippen LogP contribution in [-0.4, -0.2) is 53.7 Å². The highest BCUT2D eigenvalue weighted by molar-refractivity contribution is 7.20. The largest absolute Gasteiger partial charge is 0.459 e. The molecular weight excluding hydrogens is 354 g/mol. The monoisotopic (exact) mass is 379 g/mol. The van der Waals surface area contributed by atoms with Crippen LogP contribution in [0.3, 0.4) is 0 Å². The number of thiophene rings is 1. The van der Waals surface area contributed by atoms with Gasteiger partial charge in [-0.2, -0.15) is 0 Å². The van der Waals surface area contributed by atoms with Gasteiger partial charge in [-0.25, -0.2) is 9.78 Å². The Labute approximate surface area is 156 Å². The zero-order valence-electron chi connectivity index (χ0n) is 15.5. The fourth-order valence-electron chi connectivity index (χ4n) is 3.33. The first kappa shape index (κ1) is 19.0. The lowest BCUT2D eigenvalue weighted by atomic mass is 10.0. The first-order chi connectivity index (χ1) is 12.5. The number of H-pyrrole nitrogens is 1. The average molecular weight is 379 g/mol. The fraction of sp³-hybridized carbons (Fsp3) is 0.611. The molecular formula is C18H25N3O4S. The lowest BCUT2D eigenvalue weighted by molar-refractivity contribution is 0.0393. The molecule has 1 aliphatic rings. The van der Waals surface area contributed by atoms with Crippen molar-refractivity contribution < 1.29 is 14.3 Å². The number of nitrogens with zero attached hydrogens (tertiary/aromatic N) is 2. The van der Waals surface area contributed by atoms with Crippen LogP contribution in [0.4, 0.5) is 0 Å². The molecule has 0 spiro atoms. The quantitative estimate of drug-likeness (QED) is 0.613. The normalized spacial score (nSPS) is 18.3. The number of aromatic amines is 1. The van der Waals surface area contributed by atoms with Crippen LogP contribution in [0.25, 0.3) is 10.2 Å². The molecule has 0 radical (unpaired) electrons. The number of likely N-dealkylation sites (tertiary alicyclic amines) is 1. The number of ether oxygens (including phenoxy) is 2. The van der Waals surface area contributed by atoms with Crippen LogP contribution in [0.1, 0.15) is 47.2 Å². The molecule has 1 aliphatic heterocycles. The molecule has 0 amide bonds. The van der Waals surface area contributed by atoms with Crippen molar-refractivity contribution in [1.29, 1.82) is 0 Å². The van der Waals surface area contributed by atoms with Crippen molar-refractivity contribution in [2.45, 2.75) is 45.7 Å². The minimum absolute atomic E-state index is 0.185. The summed E-state index contributed by atoms with van der Waals surface area (Å²) in [5, 5.41) is 0.476. The highest BCUT2D eigenvalue weighted by Crippen LogP contribution is 2.28. The van der Waals surface area contributed by atoms with Crippen LogP contribution in [0, 0.1) is 6.92 Å². The molecule has 1 saturated heterocycles. The van der Waals surface area contributed by atoms with E-state index in [1.165, 1.54) is 30.6 Å². The molecule has 0 saturated carbocycles. The summed E-state index contributed by atoms with van der Waals surface area (Å²) in [5.74, 6) is 0.213. The minimum Gasteiger partial charge on any atom is -0.459 e. The Bertz CT molecular complexity index is 845. The predicted molar refractivity (Wildman–Crippen MR) is 101 cm³/mol. The molecule has 26 heavy (non-hydrogen) atoms. The van der Waals surface area contributed by atoms with Gasteiger partial charge in [-0.05, 0) is 38.8 Å². The van der Waals surface area contributed by atoms with Gasteiger partial charge in [0.05, 0.1) is 18.5 Å². The Morgan fingerprint density at radius 1 is 1.38 bits per heavy atom. The average Bonchev–Trinajstić information content (AvgIpc) is 2.94. The van der Waals surface area contributed by atoms with Crippen molar-refractivity contribution in [2.75, 3.05) is 26.9 Å². The Morgan fingerprint density at radius 3 is 2.92 bits per heavy atom. The topological polar surface area (TPSA) is 84.5 Å². The number of methoxy groups -OCH3 is 1. The van der Waals surface area contributed by atoms with Gasteiger partial charge < -0.3 is 14.5 Å². The lowest BCUT2D eigenvalue weighted by Gasteiger charge is -2.32. The molecule has 1 N–H and O–H groups in total. The number of hydrogen-bond donors (Lipinski definition) is 1. The van der Waals surface area contributed by atoms with Crippen LogP contribution in [0.15, 0.2) is 4.79 Å². The molecule has 3 rings (SSSR count). The highest BCUT2D eigenvalue weighted by atomic mass is 32.1. The number of carbonyl (C=O) groups excluding carboxylic acids is 1. The zero-order chi connectivity index (χ0) is 18.7. The van der Waals surface area contributed by atoms with E-state index in [-0.39, 0.29) is 12.2 Å². The third kappa shape index (κ3) is 3.97. The van der Waals surface area contributed by atoms with Crippen LogP contribution in [0.5, 0.6) is 0 Å². The van der Waals surface area contributed by atoms with Gasteiger partial charge in [-0.1, -0.05) is 6.42 Å². The van der Waals surface area contributed by atoms with E-state index in [1.54, 1.807) is 14.0 Å². The number of aryl methyl sites for hydroxylation is 1. The number of carbonyl (C=O) groups is 1. The Balaban J connectivity index is 1.86. The molecule has 142 valence electrons. The summed E-state index contributed by atoms with van der Waals surface area (Å²) in [7, 11) is 1.55. The van der Waals surface area contributed by atoms with Crippen LogP contribution in [-0.2, 0) is 16.0 Å². The van der Waals surface area contributed by atoms with Crippen molar-refractivity contribution in [1.82, 2.24) is 14.9 Å². The Morgan fingerprint density at radius 2 is 2.19 bits per heavy atom. The summed E-state index contributed by atoms with van der Waals surface area (Å²) in [4.78, 5) is 35.7. The Kier molecular flexibility index (Phi) is 6.05. The molecule has 0 bridgehead atoms. The number of fused-ring (bicyclic) bond motifs is 1. The summed E-state index contributed by atoms with van der Waals surface area (Å²) in [6, 6.07) is 0.487. The van der Waals surface area contributed by atoms with Crippen molar-refractivity contribution in [3.63, 3.8) is 0 Å². The van der Waals surface area contributed by atoms with Crippen molar-refractivity contribution in [3.8, 4) is 0 Å². The second-order valence-electron chi connectivity index (χ2n) is 6.69. The van der Waals surface area contributed by atoms with Gasteiger partial charge in [0.25, 0.3) is 5.56 Å².